The highest BCUT2D eigenvalue weighted by Crippen LogP contribution is 2.35. The minimum absolute atomic E-state index is 0.0414. The molecule has 1 aliphatic carbocycles. The molecule has 3 nitrogen and oxygen atoms in total. The Morgan fingerprint density at radius 3 is 2.48 bits per heavy atom. The fourth-order valence-electron chi connectivity index (χ4n) is 3.75. The smallest absolute Gasteiger partial charge is 0.427 e. The van der Waals surface area contributed by atoms with Gasteiger partial charge in [0.2, 0.25) is 0 Å². The molecule has 1 heterocycles. The summed E-state index contributed by atoms with van der Waals surface area (Å²) in [4.78, 5) is 11.1. The van der Waals surface area contributed by atoms with E-state index in [4.69, 9.17) is 9.47 Å². The Morgan fingerprint density at radius 2 is 1.71 bits per heavy atom. The second-order valence-corrected chi connectivity index (χ2v) is 7.60. The average Bonchev–Trinajstić information content (AvgIpc) is 2.77. The van der Waals surface area contributed by atoms with E-state index in [0.29, 0.717) is 0 Å². The Kier molecular flexibility index (Phi) is 6.38. The van der Waals surface area contributed by atoms with Crippen LogP contribution in [0.25, 0.3) is 0 Å². The molecule has 21 heavy (non-hydrogen) atoms. The van der Waals surface area contributed by atoms with E-state index in [0.717, 1.165) is 30.6 Å². The molecule has 2 rings (SSSR count). The van der Waals surface area contributed by atoms with Gasteiger partial charge in [0, 0.05) is 0 Å². The molecule has 2 aliphatic rings. The summed E-state index contributed by atoms with van der Waals surface area (Å²) in [7, 11) is 0. The molecule has 0 spiro atoms. The third-order valence-corrected chi connectivity index (χ3v) is 5.12. The molecular formula is C18H32O3. The van der Waals surface area contributed by atoms with Gasteiger partial charge in [-0.15, -0.1) is 0 Å². The maximum absolute atomic E-state index is 11.1. The van der Waals surface area contributed by atoms with Crippen molar-refractivity contribution in [3.8, 4) is 0 Å². The minimum atomic E-state index is -0.454. The van der Waals surface area contributed by atoms with Crippen LogP contribution in [-0.4, -0.2) is 18.4 Å². The van der Waals surface area contributed by atoms with Crippen molar-refractivity contribution in [3.05, 3.63) is 0 Å². The fourth-order valence-corrected chi connectivity index (χ4v) is 3.75. The minimum Gasteiger partial charge on any atom is -0.427 e. The Balaban J connectivity index is 1.55. The summed E-state index contributed by atoms with van der Waals surface area (Å²) in [6, 6.07) is 0. The van der Waals surface area contributed by atoms with Gasteiger partial charge in [0.1, 0.15) is 12.2 Å². The first-order chi connectivity index (χ1) is 10.0. The van der Waals surface area contributed by atoms with Crippen LogP contribution in [0.1, 0.15) is 78.6 Å². The standard InChI is InChI=1S/C18H32O3/c1-13(2)6-4-7-14(3)8-5-9-15-10-11-16-17(12-15)21-18(19)20-16/h13-17H,4-12H2,1-3H3. The zero-order valence-corrected chi connectivity index (χ0v) is 14.0. The van der Waals surface area contributed by atoms with Gasteiger partial charge in [0.05, 0.1) is 0 Å². The molecule has 4 atom stereocenters. The van der Waals surface area contributed by atoms with Crippen LogP contribution in [0.5, 0.6) is 0 Å². The molecule has 0 radical (unpaired) electrons. The number of carbonyl (C=O) groups is 1. The lowest BCUT2D eigenvalue weighted by Crippen LogP contribution is -2.31. The van der Waals surface area contributed by atoms with Crippen LogP contribution in [0.2, 0.25) is 0 Å². The largest absolute Gasteiger partial charge is 0.509 e. The molecule has 0 N–H and O–H groups in total. The predicted octanol–water partition coefficient (Wildman–Crippen LogP) is 5.32. The maximum Gasteiger partial charge on any atom is 0.509 e. The summed E-state index contributed by atoms with van der Waals surface area (Å²) in [5.41, 5.74) is 0. The lowest BCUT2D eigenvalue weighted by molar-refractivity contribution is 0.0776. The Morgan fingerprint density at radius 1 is 1.00 bits per heavy atom. The number of hydrogen-bond acceptors (Lipinski definition) is 3. The predicted molar refractivity (Wildman–Crippen MR) is 84.2 cm³/mol. The first kappa shape index (κ1) is 16.6. The van der Waals surface area contributed by atoms with Gasteiger partial charge in [0.15, 0.2) is 0 Å². The van der Waals surface area contributed by atoms with Crippen molar-refractivity contribution in [2.24, 2.45) is 17.8 Å². The molecule has 122 valence electrons. The number of fused-ring (bicyclic) bond motifs is 1. The number of carbonyl (C=O) groups excluding carboxylic acids is 1. The number of rotatable bonds is 8. The van der Waals surface area contributed by atoms with Crippen LogP contribution in [0.4, 0.5) is 4.79 Å². The summed E-state index contributed by atoms with van der Waals surface area (Å²) in [6.07, 6.45) is 10.9. The van der Waals surface area contributed by atoms with Crippen LogP contribution in [0.15, 0.2) is 0 Å². The summed E-state index contributed by atoms with van der Waals surface area (Å²) < 4.78 is 10.4. The molecule has 0 aromatic carbocycles. The normalized spacial score (nSPS) is 29.9. The first-order valence-corrected chi connectivity index (χ1v) is 8.92. The molecule has 1 saturated heterocycles. The molecule has 0 bridgehead atoms. The summed E-state index contributed by atoms with van der Waals surface area (Å²) in [6.45, 7) is 7.00. The van der Waals surface area contributed by atoms with Gasteiger partial charge in [-0.1, -0.05) is 59.3 Å². The number of ether oxygens (including phenoxy) is 2. The molecular weight excluding hydrogens is 264 g/mol. The number of hydrogen-bond donors (Lipinski definition) is 0. The van der Waals surface area contributed by atoms with Crippen LogP contribution in [0.3, 0.4) is 0 Å². The molecule has 1 saturated carbocycles. The van der Waals surface area contributed by atoms with Gasteiger partial charge in [-0.25, -0.2) is 4.79 Å². The monoisotopic (exact) mass is 296 g/mol. The van der Waals surface area contributed by atoms with Crippen LogP contribution in [0, 0.1) is 17.8 Å². The van der Waals surface area contributed by atoms with Gasteiger partial charge >= 0.3 is 6.16 Å². The van der Waals surface area contributed by atoms with E-state index in [-0.39, 0.29) is 12.2 Å². The summed E-state index contributed by atoms with van der Waals surface area (Å²) in [5, 5.41) is 0. The molecule has 4 unspecified atom stereocenters. The molecule has 0 amide bonds. The molecule has 2 fully saturated rings. The first-order valence-electron chi connectivity index (χ1n) is 8.92. The average molecular weight is 296 g/mol. The van der Waals surface area contributed by atoms with E-state index in [1.54, 1.807) is 0 Å². The lowest BCUT2D eigenvalue weighted by Gasteiger charge is -2.28. The van der Waals surface area contributed by atoms with Crippen molar-refractivity contribution in [1.29, 1.82) is 0 Å². The van der Waals surface area contributed by atoms with Gasteiger partial charge in [-0.2, -0.15) is 0 Å². The molecule has 3 heteroatoms. The van der Waals surface area contributed by atoms with E-state index < -0.39 is 6.16 Å². The van der Waals surface area contributed by atoms with Crippen molar-refractivity contribution >= 4 is 6.16 Å². The second kappa shape index (κ2) is 8.05. The third-order valence-electron chi connectivity index (χ3n) is 5.12. The topological polar surface area (TPSA) is 35.5 Å². The van der Waals surface area contributed by atoms with Gasteiger partial charge in [0.25, 0.3) is 0 Å². The van der Waals surface area contributed by atoms with Crippen LogP contribution >= 0.6 is 0 Å². The van der Waals surface area contributed by atoms with Crippen molar-refractivity contribution < 1.29 is 14.3 Å². The second-order valence-electron chi connectivity index (χ2n) is 7.60. The highest BCUT2D eigenvalue weighted by Gasteiger charge is 2.41. The molecule has 1 aliphatic heterocycles. The fraction of sp³-hybridized carbons (Fsp3) is 0.944. The van der Waals surface area contributed by atoms with E-state index in [9.17, 15) is 4.79 Å². The van der Waals surface area contributed by atoms with Gasteiger partial charge < -0.3 is 9.47 Å². The van der Waals surface area contributed by atoms with E-state index in [2.05, 4.69) is 20.8 Å². The highest BCUT2D eigenvalue weighted by atomic mass is 16.8. The van der Waals surface area contributed by atoms with Crippen LogP contribution < -0.4 is 0 Å². The SMILES string of the molecule is CC(C)CCCC(C)CCCC1CCC2OC(=O)OC2C1. The van der Waals surface area contributed by atoms with Crippen molar-refractivity contribution in [2.75, 3.05) is 0 Å². The van der Waals surface area contributed by atoms with Crippen molar-refractivity contribution in [3.63, 3.8) is 0 Å². The van der Waals surface area contributed by atoms with Crippen molar-refractivity contribution in [2.45, 2.75) is 90.8 Å². The highest BCUT2D eigenvalue weighted by molar-refractivity contribution is 5.62. The van der Waals surface area contributed by atoms with E-state index >= 15 is 0 Å². The lowest BCUT2D eigenvalue weighted by atomic mass is 9.82. The Hall–Kier alpha value is -0.730. The quantitative estimate of drug-likeness (QED) is 0.568. The third kappa shape index (κ3) is 5.52. The zero-order chi connectivity index (χ0) is 15.2. The molecule has 0 aromatic heterocycles. The summed E-state index contributed by atoms with van der Waals surface area (Å²) >= 11 is 0. The maximum atomic E-state index is 11.1. The van der Waals surface area contributed by atoms with Crippen LogP contribution in [-0.2, 0) is 9.47 Å². The van der Waals surface area contributed by atoms with Gasteiger partial charge in [-0.3, -0.25) is 0 Å². The van der Waals surface area contributed by atoms with Crippen molar-refractivity contribution in [1.82, 2.24) is 0 Å². The zero-order valence-electron chi connectivity index (χ0n) is 14.0. The van der Waals surface area contributed by atoms with E-state index in [1.165, 1.54) is 44.9 Å². The van der Waals surface area contributed by atoms with Gasteiger partial charge in [-0.05, 0) is 37.0 Å². The van der Waals surface area contributed by atoms with E-state index in [1.807, 2.05) is 0 Å². The Bertz CT molecular complexity index is 326. The molecule has 0 aromatic rings. The summed E-state index contributed by atoms with van der Waals surface area (Å²) in [5.74, 6) is 2.42. The Labute approximate surface area is 129 Å².